The van der Waals surface area contributed by atoms with E-state index in [0.717, 1.165) is 56.4 Å². The van der Waals surface area contributed by atoms with E-state index in [2.05, 4.69) is 30.5 Å². The van der Waals surface area contributed by atoms with Crippen molar-refractivity contribution >= 4 is 40.3 Å². The van der Waals surface area contributed by atoms with Gasteiger partial charge in [-0.05, 0) is 117 Å². The molecule has 0 saturated heterocycles. The Balaban J connectivity index is 1.35. The first-order valence-electron chi connectivity index (χ1n) is 16.3. The van der Waals surface area contributed by atoms with Crippen molar-refractivity contribution < 1.29 is 9.47 Å². The van der Waals surface area contributed by atoms with Crippen LogP contribution in [0.25, 0.3) is 28.0 Å². The zero-order valence-electron chi connectivity index (χ0n) is 28.4. The highest BCUT2D eigenvalue weighted by Gasteiger charge is 2.19. The summed E-state index contributed by atoms with van der Waals surface area (Å²) in [6.07, 6.45) is 1.74. The van der Waals surface area contributed by atoms with Gasteiger partial charge in [0.2, 0.25) is 0 Å². The topological polar surface area (TPSA) is 70.6 Å². The number of benzene rings is 4. The predicted octanol–water partition coefficient (Wildman–Crippen LogP) is 10.1. The van der Waals surface area contributed by atoms with Crippen LogP contribution in [0.3, 0.4) is 0 Å². The Hall–Kier alpha value is -4.85. The lowest BCUT2D eigenvalue weighted by molar-refractivity contribution is 0.306. The molecule has 0 radical (unpaired) electrons. The summed E-state index contributed by atoms with van der Waals surface area (Å²) in [7, 11) is 0. The van der Waals surface area contributed by atoms with Crippen molar-refractivity contribution in [3.8, 4) is 28.6 Å². The molecular weight excluding hydrogens is 655 g/mol. The van der Waals surface area contributed by atoms with E-state index in [1.54, 1.807) is 24.4 Å². The second-order valence-corrected chi connectivity index (χ2v) is 13.1. The Morgan fingerprint density at radius 2 is 1.65 bits per heavy atom. The molecule has 9 heteroatoms. The molecule has 2 heterocycles. The number of hydrogen-bond acceptors (Lipinski definition) is 5. The van der Waals surface area contributed by atoms with Crippen molar-refractivity contribution in [3.63, 3.8) is 0 Å². The van der Waals surface area contributed by atoms with Crippen LogP contribution in [0.2, 0.25) is 10.0 Å². The Kier molecular flexibility index (Phi) is 9.95. The highest BCUT2D eigenvalue weighted by Crippen LogP contribution is 2.34. The SMILES string of the molecule is CCOc1cc(C)c(-c2nc3ccccc3c(=O)n2N=Cc2cc(C)n(-c3ccc(OCc4ccc(Cl)c(Cl)c4)cc3)c2C)cc1C(C)C. The third kappa shape index (κ3) is 7.00. The fourth-order valence-electron chi connectivity index (χ4n) is 6.00. The monoisotopic (exact) mass is 692 g/mol. The van der Waals surface area contributed by atoms with Crippen molar-refractivity contribution in [1.82, 2.24) is 14.2 Å². The molecule has 0 N–H and O–H groups in total. The van der Waals surface area contributed by atoms with Crippen molar-refractivity contribution in [3.05, 3.63) is 139 Å². The van der Waals surface area contributed by atoms with Crippen LogP contribution in [0.1, 0.15) is 60.3 Å². The van der Waals surface area contributed by atoms with Crippen LogP contribution in [0.15, 0.2) is 94.8 Å². The van der Waals surface area contributed by atoms with E-state index < -0.39 is 0 Å². The van der Waals surface area contributed by atoms with Gasteiger partial charge in [0.15, 0.2) is 5.82 Å². The van der Waals surface area contributed by atoms with Crippen LogP contribution >= 0.6 is 23.2 Å². The minimum absolute atomic E-state index is 0.207. The first-order chi connectivity index (χ1) is 23.5. The highest BCUT2D eigenvalue weighted by atomic mass is 35.5. The van der Waals surface area contributed by atoms with Crippen molar-refractivity contribution in [1.29, 1.82) is 0 Å². The van der Waals surface area contributed by atoms with Crippen LogP contribution in [-0.4, -0.2) is 27.0 Å². The summed E-state index contributed by atoms with van der Waals surface area (Å²) in [5, 5.41) is 6.32. The lowest BCUT2D eigenvalue weighted by Crippen LogP contribution is -2.21. The van der Waals surface area contributed by atoms with Gasteiger partial charge < -0.3 is 14.0 Å². The van der Waals surface area contributed by atoms with Gasteiger partial charge in [-0.3, -0.25) is 4.79 Å². The smallest absolute Gasteiger partial charge is 0.282 e. The average Bonchev–Trinajstić information content (AvgIpc) is 3.37. The van der Waals surface area contributed by atoms with Gasteiger partial charge in [0.1, 0.15) is 18.1 Å². The number of nitrogens with zero attached hydrogens (tertiary/aromatic N) is 4. The van der Waals surface area contributed by atoms with E-state index in [4.69, 9.17) is 42.8 Å². The molecular formula is C40H38Cl2N4O3. The lowest BCUT2D eigenvalue weighted by atomic mass is 9.96. The lowest BCUT2D eigenvalue weighted by Gasteiger charge is -2.18. The van der Waals surface area contributed by atoms with E-state index >= 15 is 0 Å². The van der Waals surface area contributed by atoms with E-state index in [0.29, 0.717) is 40.0 Å². The van der Waals surface area contributed by atoms with Crippen LogP contribution in [-0.2, 0) is 6.61 Å². The maximum absolute atomic E-state index is 14.0. The molecule has 0 bridgehead atoms. The number of aryl methyl sites for hydroxylation is 2. The second kappa shape index (κ2) is 14.3. The number of halogens is 2. The normalized spacial score (nSPS) is 11.6. The van der Waals surface area contributed by atoms with Crippen molar-refractivity contribution in [2.75, 3.05) is 6.61 Å². The number of ether oxygens (including phenoxy) is 2. The van der Waals surface area contributed by atoms with Gasteiger partial charge in [0.25, 0.3) is 5.56 Å². The van der Waals surface area contributed by atoms with Crippen LogP contribution < -0.4 is 15.0 Å². The molecule has 250 valence electrons. The van der Waals surface area contributed by atoms with Crippen molar-refractivity contribution in [2.24, 2.45) is 5.10 Å². The van der Waals surface area contributed by atoms with Crippen molar-refractivity contribution in [2.45, 2.75) is 54.1 Å². The second-order valence-electron chi connectivity index (χ2n) is 12.3. The van der Waals surface area contributed by atoms with Crippen LogP contribution in [0.5, 0.6) is 11.5 Å². The van der Waals surface area contributed by atoms with Gasteiger partial charge in [-0.15, -0.1) is 0 Å². The Labute approximate surface area is 296 Å². The molecule has 49 heavy (non-hydrogen) atoms. The Morgan fingerprint density at radius 1 is 0.898 bits per heavy atom. The highest BCUT2D eigenvalue weighted by molar-refractivity contribution is 6.42. The number of para-hydroxylation sites is 1. The summed E-state index contributed by atoms with van der Waals surface area (Å²) in [5.41, 5.74) is 8.02. The molecule has 0 amide bonds. The third-order valence-corrected chi connectivity index (χ3v) is 9.28. The molecule has 0 fully saturated rings. The first-order valence-corrected chi connectivity index (χ1v) is 17.0. The molecule has 0 aliphatic carbocycles. The average molecular weight is 694 g/mol. The Morgan fingerprint density at radius 3 is 2.37 bits per heavy atom. The maximum Gasteiger partial charge on any atom is 0.282 e. The molecule has 6 aromatic rings. The zero-order valence-corrected chi connectivity index (χ0v) is 29.9. The number of aromatic nitrogens is 3. The molecule has 0 spiro atoms. The summed E-state index contributed by atoms with van der Waals surface area (Å²) in [6, 6.07) is 26.9. The zero-order chi connectivity index (χ0) is 34.8. The molecule has 0 aliphatic heterocycles. The van der Waals surface area contributed by atoms with E-state index in [-0.39, 0.29) is 11.5 Å². The predicted molar refractivity (Wildman–Crippen MR) is 200 cm³/mol. The van der Waals surface area contributed by atoms with E-state index in [1.807, 2.05) is 82.3 Å². The standard InChI is InChI=1S/C40H38Cl2N4O3/c1-7-48-38-18-25(4)34(21-33(38)24(2)3)39-44-37-11-9-8-10-32(37)40(47)46(39)43-22-29-19-26(5)45(27(29)6)30-13-15-31(16-14-30)49-23-28-12-17-35(41)36(42)20-28/h8-22,24H,7,23H2,1-6H3. The molecule has 0 unspecified atom stereocenters. The third-order valence-electron chi connectivity index (χ3n) is 8.54. The molecule has 7 nitrogen and oxygen atoms in total. The summed E-state index contributed by atoms with van der Waals surface area (Å²) in [6.45, 7) is 13.3. The van der Waals surface area contributed by atoms with Crippen LogP contribution in [0.4, 0.5) is 0 Å². The molecule has 6 rings (SSSR count). The summed E-state index contributed by atoms with van der Waals surface area (Å²) in [5.74, 6) is 2.27. The molecule has 0 saturated carbocycles. The molecule has 4 aromatic carbocycles. The molecule has 0 atom stereocenters. The number of hydrogen-bond donors (Lipinski definition) is 0. The van der Waals surface area contributed by atoms with Gasteiger partial charge in [0, 0.05) is 28.2 Å². The quantitative estimate of drug-likeness (QED) is 0.134. The number of fused-ring (bicyclic) bond motifs is 1. The molecule has 0 aliphatic rings. The first kappa shape index (κ1) is 34.0. The van der Waals surface area contributed by atoms with E-state index in [1.165, 1.54) is 4.68 Å². The van der Waals surface area contributed by atoms with Gasteiger partial charge in [0.05, 0.1) is 33.8 Å². The summed E-state index contributed by atoms with van der Waals surface area (Å²) in [4.78, 5) is 19.0. The van der Waals surface area contributed by atoms with Crippen LogP contribution in [0, 0.1) is 20.8 Å². The fourth-order valence-corrected chi connectivity index (χ4v) is 6.32. The number of rotatable bonds is 10. The molecule has 2 aromatic heterocycles. The minimum atomic E-state index is -0.235. The van der Waals surface area contributed by atoms with Gasteiger partial charge in [-0.25, -0.2) is 4.98 Å². The maximum atomic E-state index is 14.0. The van der Waals surface area contributed by atoms with Gasteiger partial charge >= 0.3 is 0 Å². The van der Waals surface area contributed by atoms with E-state index in [9.17, 15) is 4.79 Å². The minimum Gasteiger partial charge on any atom is -0.494 e. The van der Waals surface area contributed by atoms with Gasteiger partial charge in [-0.1, -0.05) is 55.2 Å². The Bertz CT molecular complexity index is 2250. The summed E-state index contributed by atoms with van der Waals surface area (Å²) >= 11 is 12.2. The van der Waals surface area contributed by atoms with Gasteiger partial charge in [-0.2, -0.15) is 9.78 Å². The largest absolute Gasteiger partial charge is 0.494 e. The fraction of sp³-hybridized carbons (Fsp3) is 0.225. The summed E-state index contributed by atoms with van der Waals surface area (Å²) < 4.78 is 15.5.